The van der Waals surface area contributed by atoms with Gasteiger partial charge in [-0.05, 0) is 31.4 Å². The molecule has 0 aliphatic carbocycles. The van der Waals surface area contributed by atoms with E-state index in [1.54, 1.807) is 0 Å². The van der Waals surface area contributed by atoms with Gasteiger partial charge in [-0.2, -0.15) is 0 Å². The molecule has 2 aromatic carbocycles. The zero-order valence-corrected chi connectivity index (χ0v) is 19.4. The Kier molecular flexibility index (Phi) is 9.65. The fraction of sp³-hybridized carbons (Fsp3) is 0.417. The van der Waals surface area contributed by atoms with Crippen molar-refractivity contribution in [1.29, 1.82) is 0 Å². The quantitative estimate of drug-likeness (QED) is 0.384. The summed E-state index contributed by atoms with van der Waals surface area (Å²) in [7, 11) is 1.32. The Labute approximate surface area is 193 Å². The molecular formula is C24H31N3O6. The van der Waals surface area contributed by atoms with E-state index in [2.05, 4.69) is 5.32 Å². The highest BCUT2D eigenvalue weighted by Crippen LogP contribution is 2.30. The number of hydrogen-bond acceptors (Lipinski definition) is 6. The van der Waals surface area contributed by atoms with Gasteiger partial charge in [-0.1, -0.05) is 44.2 Å². The predicted molar refractivity (Wildman–Crippen MR) is 124 cm³/mol. The number of carbonyl (C=O) groups is 2. The topological polar surface area (TPSA) is 111 Å². The maximum atomic E-state index is 13.2. The maximum absolute atomic E-state index is 13.2. The third-order valence-electron chi connectivity index (χ3n) is 5.29. The minimum absolute atomic E-state index is 0.0101. The summed E-state index contributed by atoms with van der Waals surface area (Å²) in [4.78, 5) is 38.1. The summed E-state index contributed by atoms with van der Waals surface area (Å²) in [6, 6.07) is 12.8. The van der Waals surface area contributed by atoms with E-state index >= 15 is 0 Å². The Balaban J connectivity index is 2.22. The van der Waals surface area contributed by atoms with Gasteiger partial charge in [-0.3, -0.25) is 19.7 Å². The van der Waals surface area contributed by atoms with Crippen LogP contribution in [0.5, 0.6) is 11.5 Å². The van der Waals surface area contributed by atoms with Gasteiger partial charge in [-0.25, -0.2) is 0 Å². The number of nitro groups is 1. The number of nitro benzene ring substituents is 1. The van der Waals surface area contributed by atoms with Crippen LogP contribution in [0.25, 0.3) is 0 Å². The highest BCUT2D eigenvalue weighted by molar-refractivity contribution is 5.88. The van der Waals surface area contributed by atoms with Crippen molar-refractivity contribution in [2.75, 3.05) is 13.7 Å². The first-order chi connectivity index (χ1) is 15.8. The molecule has 2 atom stereocenters. The summed E-state index contributed by atoms with van der Waals surface area (Å²) in [5.41, 5.74) is 0.687. The van der Waals surface area contributed by atoms with Gasteiger partial charge < -0.3 is 19.7 Å². The summed E-state index contributed by atoms with van der Waals surface area (Å²) in [6.45, 7) is 5.66. The molecule has 0 unspecified atom stereocenters. The number of rotatable bonds is 12. The monoisotopic (exact) mass is 457 g/mol. The van der Waals surface area contributed by atoms with Crippen LogP contribution in [0.4, 0.5) is 5.69 Å². The molecule has 1 N–H and O–H groups in total. The fourth-order valence-electron chi connectivity index (χ4n) is 3.27. The predicted octanol–water partition coefficient (Wildman–Crippen LogP) is 3.70. The van der Waals surface area contributed by atoms with E-state index in [-0.39, 0.29) is 48.2 Å². The third kappa shape index (κ3) is 7.20. The first kappa shape index (κ1) is 25.6. The van der Waals surface area contributed by atoms with Crippen LogP contribution in [0.15, 0.2) is 48.5 Å². The number of amides is 2. The Morgan fingerprint density at radius 2 is 1.82 bits per heavy atom. The molecule has 0 heterocycles. The number of benzene rings is 2. The Morgan fingerprint density at radius 1 is 1.12 bits per heavy atom. The first-order valence-corrected chi connectivity index (χ1v) is 10.9. The molecule has 33 heavy (non-hydrogen) atoms. The molecule has 9 heteroatoms. The van der Waals surface area contributed by atoms with Crippen molar-refractivity contribution in [2.24, 2.45) is 0 Å². The molecule has 2 amide bonds. The minimum Gasteiger partial charge on any atom is -0.490 e. The average Bonchev–Trinajstić information content (AvgIpc) is 2.82. The lowest BCUT2D eigenvalue weighted by molar-refractivity contribution is -0.385. The van der Waals surface area contributed by atoms with Crippen molar-refractivity contribution in [3.8, 4) is 11.5 Å². The molecule has 0 aliphatic heterocycles. The van der Waals surface area contributed by atoms with E-state index in [0.29, 0.717) is 6.42 Å². The van der Waals surface area contributed by atoms with Gasteiger partial charge in [0.2, 0.25) is 11.7 Å². The standard InChI is InChI=1S/C24H31N3O6/c1-5-17(3)25-24(29)20(6-2)26(15-18-10-8-7-9-11-18)23(28)16-33-19-12-13-21(27(30)31)22(14-19)32-4/h7-14,17,20H,5-6,15-16H2,1-4H3,(H,25,29)/t17-,20+/m1/s1. The fourth-order valence-corrected chi connectivity index (χ4v) is 3.27. The number of nitrogens with one attached hydrogen (secondary N) is 1. The van der Waals surface area contributed by atoms with E-state index in [4.69, 9.17) is 9.47 Å². The van der Waals surface area contributed by atoms with Crippen LogP contribution in [0.3, 0.4) is 0 Å². The van der Waals surface area contributed by atoms with Gasteiger partial charge in [0, 0.05) is 24.7 Å². The summed E-state index contributed by atoms with van der Waals surface area (Å²) < 4.78 is 10.7. The van der Waals surface area contributed by atoms with Crippen molar-refractivity contribution in [3.05, 3.63) is 64.2 Å². The Morgan fingerprint density at radius 3 is 2.39 bits per heavy atom. The van der Waals surface area contributed by atoms with Crippen LogP contribution in [0.1, 0.15) is 39.2 Å². The van der Waals surface area contributed by atoms with Crippen molar-refractivity contribution in [2.45, 2.75) is 52.2 Å². The van der Waals surface area contributed by atoms with Crippen LogP contribution in [0, 0.1) is 10.1 Å². The van der Waals surface area contributed by atoms with Gasteiger partial charge >= 0.3 is 5.69 Å². The molecule has 0 spiro atoms. The molecular weight excluding hydrogens is 426 g/mol. The van der Waals surface area contributed by atoms with Crippen molar-refractivity contribution < 1.29 is 24.0 Å². The molecule has 0 saturated carbocycles. The van der Waals surface area contributed by atoms with Crippen molar-refractivity contribution in [1.82, 2.24) is 10.2 Å². The van der Waals surface area contributed by atoms with Gasteiger partial charge in [0.15, 0.2) is 6.61 Å². The second kappa shape index (κ2) is 12.4. The van der Waals surface area contributed by atoms with E-state index < -0.39 is 11.0 Å². The third-order valence-corrected chi connectivity index (χ3v) is 5.29. The summed E-state index contributed by atoms with van der Waals surface area (Å²) in [5, 5.41) is 14.0. The Bertz CT molecular complexity index is 950. The van der Waals surface area contributed by atoms with Gasteiger partial charge in [0.1, 0.15) is 11.8 Å². The van der Waals surface area contributed by atoms with Crippen LogP contribution >= 0.6 is 0 Å². The molecule has 2 aromatic rings. The normalized spacial score (nSPS) is 12.4. The lowest BCUT2D eigenvalue weighted by Crippen LogP contribution is -2.51. The number of nitrogens with zero attached hydrogens (tertiary/aromatic N) is 2. The van der Waals surface area contributed by atoms with E-state index in [0.717, 1.165) is 12.0 Å². The van der Waals surface area contributed by atoms with Crippen molar-refractivity contribution in [3.63, 3.8) is 0 Å². The Hall–Kier alpha value is -3.62. The van der Waals surface area contributed by atoms with E-state index in [9.17, 15) is 19.7 Å². The number of hydrogen-bond donors (Lipinski definition) is 1. The molecule has 0 saturated heterocycles. The SMILES string of the molecule is CC[C@@H](C)NC(=O)[C@H](CC)N(Cc1ccccc1)C(=O)COc1ccc([N+](=O)[O-])c(OC)c1. The summed E-state index contributed by atoms with van der Waals surface area (Å²) in [5.74, 6) is -0.302. The lowest BCUT2D eigenvalue weighted by Gasteiger charge is -2.31. The zero-order valence-electron chi connectivity index (χ0n) is 19.4. The molecule has 0 fully saturated rings. The molecule has 0 radical (unpaired) electrons. The zero-order chi connectivity index (χ0) is 24.4. The first-order valence-electron chi connectivity index (χ1n) is 10.9. The average molecular weight is 458 g/mol. The molecule has 0 aliphatic rings. The van der Waals surface area contributed by atoms with Crippen LogP contribution in [-0.4, -0.2) is 47.4 Å². The van der Waals surface area contributed by atoms with E-state index in [1.807, 2.05) is 51.1 Å². The maximum Gasteiger partial charge on any atom is 0.311 e. The van der Waals surface area contributed by atoms with Gasteiger partial charge in [-0.15, -0.1) is 0 Å². The molecule has 2 rings (SSSR count). The summed E-state index contributed by atoms with van der Waals surface area (Å²) in [6.07, 6.45) is 1.21. The molecule has 9 nitrogen and oxygen atoms in total. The van der Waals surface area contributed by atoms with Crippen LogP contribution in [-0.2, 0) is 16.1 Å². The summed E-state index contributed by atoms with van der Waals surface area (Å²) >= 11 is 0. The largest absolute Gasteiger partial charge is 0.490 e. The van der Waals surface area contributed by atoms with Crippen LogP contribution in [0.2, 0.25) is 0 Å². The van der Waals surface area contributed by atoms with Crippen molar-refractivity contribution >= 4 is 17.5 Å². The van der Waals surface area contributed by atoms with Gasteiger partial charge in [0.25, 0.3) is 5.91 Å². The smallest absolute Gasteiger partial charge is 0.311 e. The number of carbonyl (C=O) groups excluding carboxylic acids is 2. The second-order valence-corrected chi connectivity index (χ2v) is 7.63. The highest BCUT2D eigenvalue weighted by Gasteiger charge is 2.29. The van der Waals surface area contributed by atoms with Crippen LogP contribution < -0.4 is 14.8 Å². The number of methoxy groups -OCH3 is 1. The number of ether oxygens (including phenoxy) is 2. The lowest BCUT2D eigenvalue weighted by atomic mass is 10.1. The highest BCUT2D eigenvalue weighted by atomic mass is 16.6. The minimum atomic E-state index is -0.665. The van der Waals surface area contributed by atoms with Gasteiger partial charge in [0.05, 0.1) is 12.0 Å². The molecule has 0 bridgehead atoms. The second-order valence-electron chi connectivity index (χ2n) is 7.63. The van der Waals surface area contributed by atoms with E-state index in [1.165, 1.54) is 30.2 Å². The molecule has 0 aromatic heterocycles. The molecule has 178 valence electrons.